The Balaban J connectivity index is 4.53. The molecule has 13 heavy (non-hydrogen) atoms. The summed E-state index contributed by atoms with van der Waals surface area (Å²) in [5.41, 5.74) is 4.90. The number of carbonyl (C=O) groups excluding carboxylic acids is 1. The van der Waals surface area contributed by atoms with Crippen molar-refractivity contribution in [1.82, 2.24) is 0 Å². The van der Waals surface area contributed by atoms with E-state index in [-0.39, 0.29) is 0 Å². The van der Waals surface area contributed by atoms with Crippen LogP contribution in [0, 0.1) is 0 Å². The quantitative estimate of drug-likeness (QED) is 0.318. The molecule has 6 nitrogen and oxygen atoms in total. The number of alkyl halides is 1. The molecular weight excluding hydrogens is 185 g/mol. The van der Waals surface area contributed by atoms with Gasteiger partial charge >= 0.3 is 0 Å². The van der Waals surface area contributed by atoms with E-state index in [4.69, 9.17) is 26.2 Å². The first kappa shape index (κ1) is 12.4. The lowest BCUT2D eigenvalue weighted by atomic mass is 10.0. The molecule has 0 aliphatic heterocycles. The first-order valence-electron chi connectivity index (χ1n) is 3.48. The summed E-state index contributed by atoms with van der Waals surface area (Å²) in [6.07, 6.45) is -2.27. The smallest absolute Gasteiger partial charge is 0.296 e. The normalized spacial score (nSPS) is 20.5. The van der Waals surface area contributed by atoms with Crippen LogP contribution in [0.3, 0.4) is 0 Å². The SMILES string of the molecule is N[C@@H](CO)C(=O)[C@@](O)(F)[C@H](O)CO. The summed E-state index contributed by atoms with van der Waals surface area (Å²) in [6.45, 7) is -1.99. The van der Waals surface area contributed by atoms with Gasteiger partial charge in [0.15, 0.2) is 0 Å². The van der Waals surface area contributed by atoms with Gasteiger partial charge < -0.3 is 26.2 Å². The maximum Gasteiger partial charge on any atom is 0.296 e. The number of Topliss-reactive ketones (excluding diaryl/α,β-unsaturated/α-hetero) is 1. The molecule has 78 valence electrons. The first-order chi connectivity index (χ1) is 5.87. The summed E-state index contributed by atoms with van der Waals surface area (Å²) < 4.78 is 12.9. The van der Waals surface area contributed by atoms with E-state index in [9.17, 15) is 9.18 Å². The highest BCUT2D eigenvalue weighted by Gasteiger charge is 2.45. The number of aliphatic hydroxyl groups is 4. The number of nitrogens with two attached hydrogens (primary N) is 1. The minimum absolute atomic E-state index is 0.858. The molecular formula is C6H12FNO5. The zero-order valence-corrected chi connectivity index (χ0v) is 6.72. The average Bonchev–Trinajstić information content (AvgIpc) is 2.13. The van der Waals surface area contributed by atoms with Gasteiger partial charge in [-0.2, -0.15) is 0 Å². The van der Waals surface area contributed by atoms with Crippen molar-refractivity contribution in [2.75, 3.05) is 13.2 Å². The number of ketones is 1. The van der Waals surface area contributed by atoms with Crippen LogP contribution < -0.4 is 5.73 Å². The van der Waals surface area contributed by atoms with Gasteiger partial charge in [-0.05, 0) is 0 Å². The fourth-order valence-corrected chi connectivity index (χ4v) is 0.628. The topological polar surface area (TPSA) is 124 Å². The zero-order valence-electron chi connectivity index (χ0n) is 6.72. The average molecular weight is 197 g/mol. The number of rotatable bonds is 5. The van der Waals surface area contributed by atoms with Gasteiger partial charge in [0.2, 0.25) is 5.78 Å². The molecule has 0 heterocycles. The number of hydrogen-bond donors (Lipinski definition) is 5. The Morgan fingerprint density at radius 3 is 2.23 bits per heavy atom. The van der Waals surface area contributed by atoms with Crippen molar-refractivity contribution < 1.29 is 29.6 Å². The van der Waals surface area contributed by atoms with E-state index >= 15 is 0 Å². The van der Waals surface area contributed by atoms with Crippen molar-refractivity contribution in [3.05, 3.63) is 0 Å². The van der Waals surface area contributed by atoms with E-state index in [0.717, 1.165) is 0 Å². The summed E-state index contributed by atoms with van der Waals surface area (Å²) in [5, 5.41) is 34.0. The van der Waals surface area contributed by atoms with E-state index in [1.165, 1.54) is 0 Å². The van der Waals surface area contributed by atoms with Crippen LogP contribution >= 0.6 is 0 Å². The Kier molecular flexibility index (Phi) is 4.37. The van der Waals surface area contributed by atoms with Gasteiger partial charge in [-0.15, -0.1) is 0 Å². The predicted molar refractivity (Wildman–Crippen MR) is 39.2 cm³/mol. The van der Waals surface area contributed by atoms with Crippen LogP contribution in [0.4, 0.5) is 4.39 Å². The Morgan fingerprint density at radius 2 is 1.92 bits per heavy atom. The van der Waals surface area contributed by atoms with Gasteiger partial charge in [-0.25, -0.2) is 4.39 Å². The molecule has 0 unspecified atom stereocenters. The van der Waals surface area contributed by atoms with Crippen molar-refractivity contribution in [2.24, 2.45) is 5.73 Å². The molecule has 0 radical (unpaired) electrons. The molecule has 3 atom stereocenters. The van der Waals surface area contributed by atoms with Crippen LogP contribution in [0.25, 0.3) is 0 Å². The number of aliphatic hydroxyl groups excluding tert-OH is 3. The third-order valence-corrected chi connectivity index (χ3v) is 1.49. The molecule has 0 saturated heterocycles. The molecule has 0 aliphatic carbocycles. The number of carbonyl (C=O) groups is 1. The van der Waals surface area contributed by atoms with Gasteiger partial charge in [-0.3, -0.25) is 4.79 Å². The lowest BCUT2D eigenvalue weighted by Gasteiger charge is -2.23. The van der Waals surface area contributed by atoms with E-state index < -0.39 is 37.0 Å². The van der Waals surface area contributed by atoms with Gasteiger partial charge in [0.25, 0.3) is 5.85 Å². The summed E-state index contributed by atoms with van der Waals surface area (Å²) in [6, 6.07) is -1.63. The van der Waals surface area contributed by atoms with E-state index in [1.54, 1.807) is 0 Å². The molecule has 0 fully saturated rings. The summed E-state index contributed by atoms with van der Waals surface area (Å²) in [7, 11) is 0. The van der Waals surface area contributed by atoms with Crippen molar-refractivity contribution in [1.29, 1.82) is 0 Å². The Labute approximate surface area is 73.4 Å². The molecule has 0 bridgehead atoms. The van der Waals surface area contributed by atoms with Crippen LogP contribution in [-0.2, 0) is 4.79 Å². The Hall–Kier alpha value is -0.600. The minimum Gasteiger partial charge on any atom is -0.394 e. The maximum absolute atomic E-state index is 12.9. The Bertz CT molecular complexity index is 186. The third-order valence-electron chi connectivity index (χ3n) is 1.49. The highest BCUT2D eigenvalue weighted by atomic mass is 19.2. The Morgan fingerprint density at radius 1 is 1.46 bits per heavy atom. The van der Waals surface area contributed by atoms with Crippen LogP contribution in [0.5, 0.6) is 0 Å². The zero-order chi connectivity index (χ0) is 10.6. The molecule has 0 aromatic rings. The van der Waals surface area contributed by atoms with Gasteiger partial charge in [0, 0.05) is 0 Å². The van der Waals surface area contributed by atoms with Crippen molar-refractivity contribution >= 4 is 5.78 Å². The van der Waals surface area contributed by atoms with Gasteiger partial charge in [0.05, 0.1) is 19.3 Å². The van der Waals surface area contributed by atoms with Crippen LogP contribution in [0.15, 0.2) is 0 Å². The predicted octanol–water partition coefficient (Wildman–Crippen LogP) is -3.11. The van der Waals surface area contributed by atoms with E-state index in [0.29, 0.717) is 0 Å². The highest BCUT2D eigenvalue weighted by Crippen LogP contribution is 2.15. The number of halogens is 1. The molecule has 0 saturated carbocycles. The molecule has 0 aromatic heterocycles. The largest absolute Gasteiger partial charge is 0.394 e. The van der Waals surface area contributed by atoms with Crippen LogP contribution in [0.1, 0.15) is 0 Å². The lowest BCUT2D eigenvalue weighted by molar-refractivity contribution is -0.193. The first-order valence-corrected chi connectivity index (χ1v) is 3.48. The molecule has 0 aromatic carbocycles. The monoisotopic (exact) mass is 197 g/mol. The van der Waals surface area contributed by atoms with E-state index in [1.807, 2.05) is 0 Å². The third kappa shape index (κ3) is 2.68. The standard InChI is InChI=1S/C6H12FNO5/c7-6(13,4(11)2-10)5(12)3(8)1-9/h3-4,9-11,13H,1-2,8H2/t3-,4+,6+/m0/s1. The molecule has 6 N–H and O–H groups in total. The molecule has 7 heteroatoms. The fraction of sp³-hybridized carbons (Fsp3) is 0.833. The summed E-state index contributed by atoms with van der Waals surface area (Å²) >= 11 is 0. The summed E-state index contributed by atoms with van der Waals surface area (Å²) in [4.78, 5) is 10.8. The maximum atomic E-state index is 12.9. The molecule has 0 rings (SSSR count). The van der Waals surface area contributed by atoms with Crippen LogP contribution in [0.2, 0.25) is 0 Å². The highest BCUT2D eigenvalue weighted by molar-refractivity contribution is 5.90. The molecule has 0 spiro atoms. The number of hydrogen-bond acceptors (Lipinski definition) is 6. The van der Waals surface area contributed by atoms with Crippen molar-refractivity contribution in [2.45, 2.75) is 18.0 Å². The lowest BCUT2D eigenvalue weighted by Crippen LogP contribution is -2.55. The molecule has 0 amide bonds. The fourth-order valence-electron chi connectivity index (χ4n) is 0.628. The second-order valence-electron chi connectivity index (χ2n) is 2.53. The van der Waals surface area contributed by atoms with Crippen LogP contribution in [-0.4, -0.2) is 57.4 Å². The van der Waals surface area contributed by atoms with Crippen molar-refractivity contribution in [3.8, 4) is 0 Å². The van der Waals surface area contributed by atoms with Crippen molar-refractivity contribution in [3.63, 3.8) is 0 Å². The van der Waals surface area contributed by atoms with Gasteiger partial charge in [-0.1, -0.05) is 0 Å². The second kappa shape index (κ2) is 4.58. The minimum atomic E-state index is -3.63. The van der Waals surface area contributed by atoms with Gasteiger partial charge in [0.1, 0.15) is 6.10 Å². The van der Waals surface area contributed by atoms with E-state index in [2.05, 4.69) is 0 Å². The molecule has 0 aliphatic rings. The second-order valence-corrected chi connectivity index (χ2v) is 2.53. The summed E-state index contributed by atoms with van der Waals surface area (Å²) in [5.74, 6) is -5.20.